The van der Waals surface area contributed by atoms with Crippen LogP contribution in [-0.4, -0.2) is 52.3 Å². The third-order valence-corrected chi connectivity index (χ3v) is 3.83. The third-order valence-electron chi connectivity index (χ3n) is 3.34. The van der Waals surface area contributed by atoms with E-state index in [9.17, 15) is 20.1 Å². The van der Waals surface area contributed by atoms with E-state index in [1.54, 1.807) is 18.2 Å². The number of aliphatic hydroxyl groups is 3. The van der Waals surface area contributed by atoms with Crippen molar-refractivity contribution >= 4 is 21.9 Å². The highest BCUT2D eigenvalue weighted by molar-refractivity contribution is 9.10. The van der Waals surface area contributed by atoms with Crippen molar-refractivity contribution in [2.24, 2.45) is 0 Å². The maximum absolute atomic E-state index is 10.9. The van der Waals surface area contributed by atoms with Gasteiger partial charge in [-0.25, -0.2) is 0 Å². The number of carbonyl (C=O) groups is 1. The fourth-order valence-corrected chi connectivity index (χ4v) is 2.66. The van der Waals surface area contributed by atoms with E-state index in [1.807, 2.05) is 6.07 Å². The van der Waals surface area contributed by atoms with Crippen molar-refractivity contribution in [1.82, 2.24) is 0 Å². The van der Waals surface area contributed by atoms with Crippen molar-refractivity contribution in [2.75, 3.05) is 6.61 Å². The summed E-state index contributed by atoms with van der Waals surface area (Å²) in [5.74, 6) is -0.509. The Balaban J connectivity index is 2.18. The van der Waals surface area contributed by atoms with E-state index in [-0.39, 0.29) is 6.61 Å². The molecule has 3 N–H and O–H groups in total. The maximum atomic E-state index is 10.9. The minimum atomic E-state index is -1.39. The van der Waals surface area contributed by atoms with E-state index in [2.05, 4.69) is 15.9 Å². The Morgan fingerprint density at radius 3 is 2.62 bits per heavy atom. The molecule has 1 heterocycles. The largest absolute Gasteiger partial charge is 0.463 e. The van der Waals surface area contributed by atoms with E-state index in [1.165, 1.54) is 6.92 Å². The zero-order valence-electron chi connectivity index (χ0n) is 11.3. The average molecular weight is 361 g/mol. The first-order valence-corrected chi connectivity index (χ1v) is 7.28. The van der Waals surface area contributed by atoms with Crippen LogP contribution in [0.5, 0.6) is 0 Å². The second-order valence-electron chi connectivity index (χ2n) is 4.92. The molecule has 0 aliphatic carbocycles. The van der Waals surface area contributed by atoms with Crippen LogP contribution in [-0.2, 0) is 14.3 Å². The Morgan fingerprint density at radius 1 is 1.29 bits per heavy atom. The number of hydrogen-bond donors (Lipinski definition) is 3. The Kier molecular flexibility index (Phi) is 5.34. The topological polar surface area (TPSA) is 96.2 Å². The van der Waals surface area contributed by atoms with Crippen LogP contribution in [0.2, 0.25) is 0 Å². The SMILES string of the molecule is CC(=O)OC[C@H]1OC(c2cccc(Br)c2)[C@@H](O)[C@@H](O)[C@@H]1O. The van der Waals surface area contributed by atoms with Gasteiger partial charge in [-0.2, -0.15) is 0 Å². The molecule has 0 aromatic heterocycles. The van der Waals surface area contributed by atoms with Crippen molar-refractivity contribution in [3.8, 4) is 0 Å². The molecule has 21 heavy (non-hydrogen) atoms. The van der Waals surface area contributed by atoms with E-state index in [0.717, 1.165) is 4.47 Å². The van der Waals surface area contributed by atoms with E-state index >= 15 is 0 Å². The van der Waals surface area contributed by atoms with Gasteiger partial charge in [0.05, 0.1) is 0 Å². The summed E-state index contributed by atoms with van der Waals surface area (Å²) in [6.45, 7) is 1.05. The van der Waals surface area contributed by atoms with Crippen LogP contribution in [0.3, 0.4) is 0 Å². The number of rotatable bonds is 3. The quantitative estimate of drug-likeness (QED) is 0.680. The van der Waals surface area contributed by atoms with E-state index < -0.39 is 36.5 Å². The number of ether oxygens (including phenoxy) is 2. The molecule has 0 amide bonds. The summed E-state index contributed by atoms with van der Waals surface area (Å²) in [5.41, 5.74) is 0.649. The lowest BCUT2D eigenvalue weighted by Crippen LogP contribution is -2.55. The van der Waals surface area contributed by atoms with Gasteiger partial charge in [-0.1, -0.05) is 28.1 Å². The lowest BCUT2D eigenvalue weighted by atomic mass is 9.91. The van der Waals surface area contributed by atoms with Crippen molar-refractivity contribution in [1.29, 1.82) is 0 Å². The molecule has 1 fully saturated rings. The maximum Gasteiger partial charge on any atom is 0.302 e. The van der Waals surface area contributed by atoms with Gasteiger partial charge in [0, 0.05) is 11.4 Å². The summed E-state index contributed by atoms with van der Waals surface area (Å²) in [6, 6.07) is 7.08. The Hall–Kier alpha value is -0.990. The fraction of sp³-hybridized carbons (Fsp3) is 0.500. The highest BCUT2D eigenvalue weighted by atomic mass is 79.9. The molecule has 0 saturated carbocycles. The molecule has 1 aromatic rings. The monoisotopic (exact) mass is 360 g/mol. The normalized spacial score (nSPS) is 32.7. The molecule has 116 valence electrons. The molecule has 5 atom stereocenters. The molecule has 0 bridgehead atoms. The predicted octanol–water partition coefficient (Wildman–Crippen LogP) is 0.535. The van der Waals surface area contributed by atoms with Crippen LogP contribution in [0.1, 0.15) is 18.6 Å². The summed E-state index contributed by atoms with van der Waals surface area (Å²) >= 11 is 3.32. The van der Waals surface area contributed by atoms with Gasteiger partial charge in [0.15, 0.2) is 0 Å². The van der Waals surface area contributed by atoms with Gasteiger partial charge in [-0.05, 0) is 17.7 Å². The molecule has 7 heteroatoms. The first-order valence-electron chi connectivity index (χ1n) is 6.48. The molecule has 1 aliphatic rings. The Morgan fingerprint density at radius 2 is 2.00 bits per heavy atom. The number of carbonyl (C=O) groups excluding carboxylic acids is 1. The second-order valence-corrected chi connectivity index (χ2v) is 5.84. The molecule has 2 rings (SSSR count). The van der Waals surface area contributed by atoms with Crippen molar-refractivity contribution in [3.05, 3.63) is 34.3 Å². The van der Waals surface area contributed by atoms with Gasteiger partial charge >= 0.3 is 5.97 Å². The van der Waals surface area contributed by atoms with Gasteiger partial charge in [0.1, 0.15) is 37.1 Å². The van der Waals surface area contributed by atoms with E-state index in [4.69, 9.17) is 9.47 Å². The molecule has 1 aliphatic heterocycles. The number of hydrogen-bond acceptors (Lipinski definition) is 6. The van der Waals surface area contributed by atoms with Crippen LogP contribution in [0.25, 0.3) is 0 Å². The Bertz CT molecular complexity index is 508. The molecule has 0 radical (unpaired) electrons. The molecule has 1 unspecified atom stereocenters. The standard InChI is InChI=1S/C14H17BrO6/c1-7(16)20-6-10-11(17)12(18)13(19)14(21-10)8-3-2-4-9(15)5-8/h2-5,10-14,17-19H,6H2,1H3/t10-,11-,12+,13+,14?/m1/s1. The average Bonchev–Trinajstić information content (AvgIpc) is 2.44. The molecule has 0 spiro atoms. The third kappa shape index (κ3) is 3.81. The molecule has 1 aromatic carbocycles. The zero-order valence-corrected chi connectivity index (χ0v) is 12.9. The first kappa shape index (κ1) is 16.4. The summed E-state index contributed by atoms with van der Waals surface area (Å²) in [4.78, 5) is 10.9. The predicted molar refractivity (Wildman–Crippen MR) is 76.4 cm³/mol. The molecular weight excluding hydrogens is 344 g/mol. The fourth-order valence-electron chi connectivity index (χ4n) is 2.25. The van der Waals surface area contributed by atoms with E-state index in [0.29, 0.717) is 5.56 Å². The second kappa shape index (κ2) is 6.85. The first-order chi connectivity index (χ1) is 9.90. The Labute approximate surface area is 130 Å². The lowest BCUT2D eigenvalue weighted by molar-refractivity contribution is -0.234. The van der Waals surface area contributed by atoms with Gasteiger partial charge in [0.25, 0.3) is 0 Å². The van der Waals surface area contributed by atoms with Crippen LogP contribution in [0.15, 0.2) is 28.7 Å². The summed E-state index contributed by atoms with van der Waals surface area (Å²) in [5, 5.41) is 29.9. The summed E-state index contributed by atoms with van der Waals surface area (Å²) in [7, 11) is 0. The summed E-state index contributed by atoms with van der Waals surface area (Å²) in [6.07, 6.45) is -5.72. The van der Waals surface area contributed by atoms with Crippen LogP contribution < -0.4 is 0 Å². The van der Waals surface area contributed by atoms with Crippen LogP contribution >= 0.6 is 15.9 Å². The van der Waals surface area contributed by atoms with Crippen LogP contribution in [0, 0.1) is 0 Å². The zero-order chi connectivity index (χ0) is 15.6. The number of halogens is 1. The molecule has 1 saturated heterocycles. The lowest BCUT2D eigenvalue weighted by Gasteiger charge is -2.40. The van der Waals surface area contributed by atoms with Crippen molar-refractivity contribution in [3.63, 3.8) is 0 Å². The highest BCUT2D eigenvalue weighted by Crippen LogP contribution is 2.33. The van der Waals surface area contributed by atoms with Crippen LogP contribution in [0.4, 0.5) is 0 Å². The smallest absolute Gasteiger partial charge is 0.302 e. The minimum absolute atomic E-state index is 0.190. The van der Waals surface area contributed by atoms with Gasteiger partial charge < -0.3 is 24.8 Å². The van der Waals surface area contributed by atoms with Gasteiger partial charge in [0.2, 0.25) is 0 Å². The van der Waals surface area contributed by atoms with Gasteiger partial charge in [-0.3, -0.25) is 4.79 Å². The molecular formula is C14H17BrO6. The molecule has 6 nitrogen and oxygen atoms in total. The number of esters is 1. The number of aliphatic hydroxyl groups excluding tert-OH is 3. The van der Waals surface area contributed by atoms with Gasteiger partial charge in [-0.15, -0.1) is 0 Å². The number of benzene rings is 1. The highest BCUT2D eigenvalue weighted by Gasteiger charge is 2.44. The van der Waals surface area contributed by atoms with Crippen molar-refractivity contribution < 1.29 is 29.6 Å². The summed E-state index contributed by atoms with van der Waals surface area (Å²) < 4.78 is 11.2. The van der Waals surface area contributed by atoms with Crippen molar-refractivity contribution in [2.45, 2.75) is 37.4 Å². The minimum Gasteiger partial charge on any atom is -0.463 e.